The lowest BCUT2D eigenvalue weighted by Crippen LogP contribution is -2.40. The van der Waals surface area contributed by atoms with Crippen molar-refractivity contribution in [1.82, 2.24) is 5.32 Å². The predicted octanol–water partition coefficient (Wildman–Crippen LogP) is 0.690. The molecule has 1 fully saturated rings. The second-order valence-corrected chi connectivity index (χ2v) is 3.62. The van der Waals surface area contributed by atoms with Crippen molar-refractivity contribution in [2.75, 3.05) is 13.2 Å². The van der Waals surface area contributed by atoms with E-state index in [2.05, 4.69) is 5.32 Å². The SMILES string of the molecule is C[C@@H](NC1COCC1O)c1ccco1. The van der Waals surface area contributed by atoms with E-state index in [4.69, 9.17) is 9.15 Å². The molecule has 0 bridgehead atoms. The number of hydrogen-bond acceptors (Lipinski definition) is 4. The predicted molar refractivity (Wildman–Crippen MR) is 50.9 cm³/mol. The average molecular weight is 197 g/mol. The van der Waals surface area contributed by atoms with E-state index in [1.54, 1.807) is 6.26 Å². The molecular formula is C10H15NO3. The molecule has 2 heterocycles. The van der Waals surface area contributed by atoms with Crippen LogP contribution in [-0.4, -0.2) is 30.5 Å². The summed E-state index contributed by atoms with van der Waals surface area (Å²) in [6.07, 6.45) is 1.24. The molecule has 0 saturated carbocycles. The van der Waals surface area contributed by atoms with E-state index in [0.717, 1.165) is 5.76 Å². The highest BCUT2D eigenvalue weighted by molar-refractivity contribution is 5.04. The molecule has 0 amide bonds. The second-order valence-electron chi connectivity index (χ2n) is 3.62. The van der Waals surface area contributed by atoms with Gasteiger partial charge in [-0.1, -0.05) is 0 Å². The average Bonchev–Trinajstić information content (AvgIpc) is 2.77. The summed E-state index contributed by atoms with van der Waals surface area (Å²) >= 11 is 0. The molecule has 14 heavy (non-hydrogen) atoms. The Morgan fingerprint density at radius 2 is 2.43 bits per heavy atom. The molecular weight excluding hydrogens is 182 g/mol. The summed E-state index contributed by atoms with van der Waals surface area (Å²) in [6.45, 7) is 2.98. The zero-order valence-corrected chi connectivity index (χ0v) is 8.14. The van der Waals surface area contributed by atoms with Crippen LogP contribution in [-0.2, 0) is 4.74 Å². The molecule has 0 aliphatic carbocycles. The number of hydrogen-bond donors (Lipinski definition) is 2. The van der Waals surface area contributed by atoms with E-state index >= 15 is 0 Å². The summed E-state index contributed by atoms with van der Waals surface area (Å²) in [5, 5.41) is 12.8. The van der Waals surface area contributed by atoms with Gasteiger partial charge in [0.25, 0.3) is 0 Å². The van der Waals surface area contributed by atoms with Gasteiger partial charge in [0.1, 0.15) is 5.76 Å². The molecule has 2 N–H and O–H groups in total. The van der Waals surface area contributed by atoms with Crippen molar-refractivity contribution in [1.29, 1.82) is 0 Å². The molecule has 0 aromatic carbocycles. The van der Waals surface area contributed by atoms with Gasteiger partial charge in [0.2, 0.25) is 0 Å². The van der Waals surface area contributed by atoms with Crippen LogP contribution in [0.2, 0.25) is 0 Å². The Morgan fingerprint density at radius 1 is 1.57 bits per heavy atom. The van der Waals surface area contributed by atoms with Crippen LogP contribution in [0.4, 0.5) is 0 Å². The van der Waals surface area contributed by atoms with E-state index in [9.17, 15) is 5.11 Å². The van der Waals surface area contributed by atoms with Crippen LogP contribution >= 0.6 is 0 Å². The van der Waals surface area contributed by atoms with Crippen molar-refractivity contribution < 1.29 is 14.3 Å². The number of nitrogens with one attached hydrogen (secondary N) is 1. The van der Waals surface area contributed by atoms with E-state index in [-0.39, 0.29) is 12.1 Å². The molecule has 1 aliphatic rings. The van der Waals surface area contributed by atoms with Crippen LogP contribution in [0.15, 0.2) is 22.8 Å². The number of furan rings is 1. The fourth-order valence-electron chi connectivity index (χ4n) is 1.64. The Balaban J connectivity index is 1.91. The Kier molecular flexibility index (Phi) is 2.86. The lowest BCUT2D eigenvalue weighted by molar-refractivity contribution is 0.121. The molecule has 4 nitrogen and oxygen atoms in total. The van der Waals surface area contributed by atoms with Gasteiger partial charge in [-0.25, -0.2) is 0 Å². The molecule has 2 rings (SSSR count). The van der Waals surface area contributed by atoms with E-state index < -0.39 is 6.10 Å². The summed E-state index contributed by atoms with van der Waals surface area (Å²) in [5.74, 6) is 0.879. The summed E-state index contributed by atoms with van der Waals surface area (Å²) in [7, 11) is 0. The van der Waals surface area contributed by atoms with Crippen molar-refractivity contribution in [2.45, 2.75) is 25.1 Å². The van der Waals surface area contributed by atoms with Gasteiger partial charge in [-0.05, 0) is 19.1 Å². The number of aliphatic hydroxyl groups excluding tert-OH is 1. The maximum atomic E-state index is 9.52. The summed E-state index contributed by atoms with van der Waals surface area (Å²) in [6, 6.07) is 3.89. The Bertz CT molecular complexity index is 273. The largest absolute Gasteiger partial charge is 0.468 e. The van der Waals surface area contributed by atoms with Gasteiger partial charge in [0, 0.05) is 0 Å². The van der Waals surface area contributed by atoms with Crippen LogP contribution in [0.25, 0.3) is 0 Å². The Labute approximate surface area is 82.9 Å². The molecule has 1 aliphatic heterocycles. The lowest BCUT2D eigenvalue weighted by atomic mass is 10.1. The maximum Gasteiger partial charge on any atom is 0.120 e. The molecule has 1 aromatic rings. The highest BCUT2D eigenvalue weighted by Crippen LogP contribution is 2.15. The first-order chi connectivity index (χ1) is 6.77. The van der Waals surface area contributed by atoms with Gasteiger partial charge in [-0.2, -0.15) is 0 Å². The highest BCUT2D eigenvalue weighted by Gasteiger charge is 2.27. The van der Waals surface area contributed by atoms with Gasteiger partial charge in [0.05, 0.1) is 37.7 Å². The minimum absolute atomic E-state index is 0.00935. The summed E-state index contributed by atoms with van der Waals surface area (Å²) < 4.78 is 10.4. The lowest BCUT2D eigenvalue weighted by Gasteiger charge is -2.18. The highest BCUT2D eigenvalue weighted by atomic mass is 16.5. The van der Waals surface area contributed by atoms with Gasteiger partial charge in [-0.3, -0.25) is 0 Å². The van der Waals surface area contributed by atoms with Crippen LogP contribution < -0.4 is 5.32 Å². The number of aliphatic hydroxyl groups is 1. The topological polar surface area (TPSA) is 54.6 Å². The van der Waals surface area contributed by atoms with Crippen LogP contribution in [0.5, 0.6) is 0 Å². The van der Waals surface area contributed by atoms with Crippen molar-refractivity contribution in [3.05, 3.63) is 24.2 Å². The zero-order valence-electron chi connectivity index (χ0n) is 8.14. The second kappa shape index (κ2) is 4.13. The molecule has 1 saturated heterocycles. The van der Waals surface area contributed by atoms with Gasteiger partial charge in [0.15, 0.2) is 0 Å². The normalized spacial score (nSPS) is 29.3. The third-order valence-corrected chi connectivity index (χ3v) is 2.48. The van der Waals surface area contributed by atoms with Crippen LogP contribution in [0.3, 0.4) is 0 Å². The number of rotatable bonds is 3. The Morgan fingerprint density at radius 3 is 3.00 bits per heavy atom. The van der Waals surface area contributed by atoms with E-state index in [1.165, 1.54) is 0 Å². The zero-order chi connectivity index (χ0) is 9.97. The quantitative estimate of drug-likeness (QED) is 0.748. The molecule has 0 radical (unpaired) electrons. The van der Waals surface area contributed by atoms with Crippen molar-refractivity contribution >= 4 is 0 Å². The molecule has 0 spiro atoms. The monoisotopic (exact) mass is 197 g/mol. The van der Waals surface area contributed by atoms with E-state index in [1.807, 2.05) is 19.1 Å². The molecule has 4 heteroatoms. The number of ether oxygens (including phenoxy) is 1. The summed E-state index contributed by atoms with van der Waals surface area (Å²) in [4.78, 5) is 0. The van der Waals surface area contributed by atoms with Crippen molar-refractivity contribution in [3.8, 4) is 0 Å². The molecule has 2 unspecified atom stereocenters. The maximum absolute atomic E-state index is 9.52. The van der Waals surface area contributed by atoms with Gasteiger partial charge < -0.3 is 19.6 Å². The first-order valence-corrected chi connectivity index (χ1v) is 4.82. The third-order valence-electron chi connectivity index (χ3n) is 2.48. The molecule has 1 aromatic heterocycles. The smallest absolute Gasteiger partial charge is 0.120 e. The standard InChI is InChI=1S/C10H15NO3/c1-7(10-3-2-4-14-10)11-8-5-13-6-9(8)12/h2-4,7-9,11-12H,5-6H2,1H3/t7-,8?,9?/m1/s1. The fourth-order valence-corrected chi connectivity index (χ4v) is 1.64. The minimum atomic E-state index is -0.410. The Hall–Kier alpha value is -0.840. The van der Waals surface area contributed by atoms with Crippen molar-refractivity contribution in [2.24, 2.45) is 0 Å². The first-order valence-electron chi connectivity index (χ1n) is 4.82. The minimum Gasteiger partial charge on any atom is -0.468 e. The third kappa shape index (κ3) is 1.97. The fraction of sp³-hybridized carbons (Fsp3) is 0.600. The van der Waals surface area contributed by atoms with E-state index in [0.29, 0.717) is 13.2 Å². The van der Waals surface area contributed by atoms with Crippen molar-refractivity contribution in [3.63, 3.8) is 0 Å². The summed E-state index contributed by atoms with van der Waals surface area (Å²) in [5.41, 5.74) is 0. The van der Waals surface area contributed by atoms with Gasteiger partial charge >= 0.3 is 0 Å². The van der Waals surface area contributed by atoms with Crippen LogP contribution in [0, 0.1) is 0 Å². The first kappa shape index (κ1) is 9.71. The molecule has 78 valence electrons. The van der Waals surface area contributed by atoms with Crippen LogP contribution in [0.1, 0.15) is 18.7 Å². The van der Waals surface area contributed by atoms with Gasteiger partial charge in [-0.15, -0.1) is 0 Å². The molecule has 3 atom stereocenters.